The zero-order valence-electron chi connectivity index (χ0n) is 22.1. The number of ketones is 1. The Morgan fingerprint density at radius 2 is 0.950 bits per heavy atom. The third-order valence-electron chi connectivity index (χ3n) is 6.26. The summed E-state index contributed by atoms with van der Waals surface area (Å²) in [5, 5.41) is 0. The maximum absolute atomic E-state index is 13.5. The summed E-state index contributed by atoms with van der Waals surface area (Å²) < 4.78 is 18.1. The van der Waals surface area contributed by atoms with Crippen molar-refractivity contribution >= 4 is 11.9 Å². The standard InChI is InChI=1S/C36H30O4/c37-33(24-21-28-19-22-32(23-20-28)38-25-29-11-4-1-5-12-29)36-34(39-26-30-13-6-2-7-14-30)17-10-18-35(36)40-27-31-15-8-3-9-16-31/h1-24H,25-27H2/b24-21+. The summed E-state index contributed by atoms with van der Waals surface area (Å²) in [5.74, 6) is 1.53. The smallest absolute Gasteiger partial charge is 0.193 e. The number of rotatable bonds is 12. The predicted octanol–water partition coefficient (Wildman–Crippen LogP) is 8.32. The monoisotopic (exact) mass is 526 g/mol. The van der Waals surface area contributed by atoms with Crippen LogP contribution in [-0.2, 0) is 19.8 Å². The highest BCUT2D eigenvalue weighted by Crippen LogP contribution is 2.31. The minimum absolute atomic E-state index is 0.198. The molecule has 0 amide bonds. The third-order valence-corrected chi connectivity index (χ3v) is 6.26. The number of carbonyl (C=O) groups is 1. The van der Waals surface area contributed by atoms with E-state index >= 15 is 0 Å². The molecule has 5 aromatic rings. The number of carbonyl (C=O) groups excluding carboxylic acids is 1. The molecule has 0 aliphatic rings. The Labute approximate surface area is 235 Å². The van der Waals surface area contributed by atoms with E-state index in [4.69, 9.17) is 14.2 Å². The van der Waals surface area contributed by atoms with E-state index in [1.54, 1.807) is 24.3 Å². The largest absolute Gasteiger partial charge is 0.489 e. The summed E-state index contributed by atoms with van der Waals surface area (Å²) >= 11 is 0. The molecule has 0 spiro atoms. The molecule has 5 aromatic carbocycles. The lowest BCUT2D eigenvalue weighted by atomic mass is 10.1. The van der Waals surface area contributed by atoms with Crippen LogP contribution in [0.4, 0.5) is 0 Å². The highest BCUT2D eigenvalue weighted by Gasteiger charge is 2.17. The highest BCUT2D eigenvalue weighted by atomic mass is 16.5. The summed E-state index contributed by atoms with van der Waals surface area (Å²) in [5.41, 5.74) is 4.42. The van der Waals surface area contributed by atoms with Crippen molar-refractivity contribution in [2.45, 2.75) is 19.8 Å². The zero-order valence-corrected chi connectivity index (χ0v) is 22.1. The van der Waals surface area contributed by atoms with E-state index < -0.39 is 0 Å². The molecule has 0 atom stereocenters. The second kappa shape index (κ2) is 13.6. The van der Waals surface area contributed by atoms with Crippen molar-refractivity contribution in [2.24, 2.45) is 0 Å². The van der Waals surface area contributed by atoms with Crippen LogP contribution in [0, 0.1) is 0 Å². The van der Waals surface area contributed by atoms with Gasteiger partial charge in [0.25, 0.3) is 0 Å². The van der Waals surface area contributed by atoms with Crippen molar-refractivity contribution in [1.82, 2.24) is 0 Å². The van der Waals surface area contributed by atoms with E-state index in [9.17, 15) is 4.79 Å². The van der Waals surface area contributed by atoms with Gasteiger partial charge in [0.2, 0.25) is 0 Å². The molecule has 0 bridgehead atoms. The molecule has 0 aromatic heterocycles. The summed E-state index contributed by atoms with van der Waals surface area (Å²) in [7, 11) is 0. The number of hydrogen-bond acceptors (Lipinski definition) is 4. The number of ether oxygens (including phenoxy) is 3. The van der Waals surface area contributed by atoms with Gasteiger partial charge in [-0.25, -0.2) is 0 Å². The summed E-state index contributed by atoms with van der Waals surface area (Å²) in [6, 6.07) is 42.9. The van der Waals surface area contributed by atoms with E-state index in [0.717, 1.165) is 28.0 Å². The highest BCUT2D eigenvalue weighted by molar-refractivity contribution is 6.10. The first-order valence-corrected chi connectivity index (χ1v) is 13.2. The Hall–Kier alpha value is -5.09. The zero-order chi connectivity index (χ0) is 27.4. The first-order valence-electron chi connectivity index (χ1n) is 13.2. The fourth-order valence-corrected chi connectivity index (χ4v) is 4.14. The lowest BCUT2D eigenvalue weighted by molar-refractivity contribution is 0.103. The van der Waals surface area contributed by atoms with Crippen molar-refractivity contribution in [3.8, 4) is 17.2 Å². The molecule has 5 rings (SSSR count). The first kappa shape index (κ1) is 26.5. The lowest BCUT2D eigenvalue weighted by Gasteiger charge is -2.15. The van der Waals surface area contributed by atoms with Gasteiger partial charge in [-0.05, 0) is 52.6 Å². The molecule has 0 aliphatic carbocycles. The van der Waals surface area contributed by atoms with E-state index in [-0.39, 0.29) is 5.78 Å². The molecule has 0 radical (unpaired) electrons. The Balaban J connectivity index is 1.31. The first-order chi connectivity index (χ1) is 19.7. The van der Waals surface area contributed by atoms with Crippen LogP contribution in [0.25, 0.3) is 6.08 Å². The number of allylic oxidation sites excluding steroid dienone is 1. The molecule has 0 unspecified atom stereocenters. The van der Waals surface area contributed by atoms with Crippen LogP contribution in [0.15, 0.2) is 140 Å². The van der Waals surface area contributed by atoms with Crippen LogP contribution in [0.3, 0.4) is 0 Å². The number of benzene rings is 5. The van der Waals surface area contributed by atoms with Gasteiger partial charge in [0.1, 0.15) is 42.6 Å². The van der Waals surface area contributed by atoms with Crippen LogP contribution in [0.1, 0.15) is 32.6 Å². The average molecular weight is 527 g/mol. The second-order valence-electron chi connectivity index (χ2n) is 9.22. The SMILES string of the molecule is O=C(/C=C/c1ccc(OCc2ccccc2)cc1)c1c(OCc2ccccc2)cccc1OCc1ccccc1. The molecular weight excluding hydrogens is 496 g/mol. The van der Waals surface area contributed by atoms with Gasteiger partial charge in [0.15, 0.2) is 5.78 Å². The van der Waals surface area contributed by atoms with Gasteiger partial charge >= 0.3 is 0 Å². The van der Waals surface area contributed by atoms with E-state index in [1.807, 2.05) is 121 Å². The summed E-state index contributed by atoms with van der Waals surface area (Å²) in [6.07, 6.45) is 3.35. The molecule has 0 aliphatic heterocycles. The van der Waals surface area contributed by atoms with Crippen LogP contribution in [0.5, 0.6) is 17.2 Å². The normalized spacial score (nSPS) is 10.8. The molecule has 40 heavy (non-hydrogen) atoms. The van der Waals surface area contributed by atoms with Gasteiger partial charge in [0.05, 0.1) is 0 Å². The topological polar surface area (TPSA) is 44.8 Å². The maximum atomic E-state index is 13.5. The molecule has 4 nitrogen and oxygen atoms in total. The fourth-order valence-electron chi connectivity index (χ4n) is 4.14. The Bertz CT molecular complexity index is 1470. The Morgan fingerprint density at radius 3 is 1.43 bits per heavy atom. The minimum atomic E-state index is -0.198. The summed E-state index contributed by atoms with van der Waals surface area (Å²) in [6.45, 7) is 1.19. The molecule has 0 saturated heterocycles. The average Bonchev–Trinajstić information content (AvgIpc) is 3.02. The van der Waals surface area contributed by atoms with Crippen molar-refractivity contribution in [3.05, 3.63) is 167 Å². The van der Waals surface area contributed by atoms with Crippen molar-refractivity contribution in [1.29, 1.82) is 0 Å². The van der Waals surface area contributed by atoms with E-state index in [0.29, 0.717) is 36.9 Å². The second-order valence-corrected chi connectivity index (χ2v) is 9.22. The van der Waals surface area contributed by atoms with Crippen LogP contribution in [0.2, 0.25) is 0 Å². The Morgan fingerprint density at radius 1 is 0.500 bits per heavy atom. The number of hydrogen-bond donors (Lipinski definition) is 0. The predicted molar refractivity (Wildman–Crippen MR) is 159 cm³/mol. The lowest BCUT2D eigenvalue weighted by Crippen LogP contribution is -2.06. The molecule has 4 heteroatoms. The molecule has 198 valence electrons. The van der Waals surface area contributed by atoms with E-state index in [1.165, 1.54) is 0 Å². The van der Waals surface area contributed by atoms with Gasteiger partial charge in [-0.3, -0.25) is 4.79 Å². The third kappa shape index (κ3) is 7.49. The van der Waals surface area contributed by atoms with Gasteiger partial charge in [0, 0.05) is 0 Å². The van der Waals surface area contributed by atoms with Gasteiger partial charge < -0.3 is 14.2 Å². The van der Waals surface area contributed by atoms with Crippen molar-refractivity contribution in [2.75, 3.05) is 0 Å². The summed E-state index contributed by atoms with van der Waals surface area (Å²) in [4.78, 5) is 13.5. The maximum Gasteiger partial charge on any atom is 0.193 e. The minimum Gasteiger partial charge on any atom is -0.489 e. The van der Waals surface area contributed by atoms with Gasteiger partial charge in [-0.15, -0.1) is 0 Å². The molecular formula is C36H30O4. The molecule has 0 fully saturated rings. The van der Waals surface area contributed by atoms with Crippen LogP contribution < -0.4 is 14.2 Å². The molecule has 0 saturated carbocycles. The van der Waals surface area contributed by atoms with E-state index in [2.05, 4.69) is 0 Å². The van der Waals surface area contributed by atoms with Crippen LogP contribution in [-0.4, -0.2) is 5.78 Å². The van der Waals surface area contributed by atoms with Crippen LogP contribution >= 0.6 is 0 Å². The van der Waals surface area contributed by atoms with Gasteiger partial charge in [-0.1, -0.05) is 115 Å². The van der Waals surface area contributed by atoms with Crippen molar-refractivity contribution in [3.63, 3.8) is 0 Å². The molecule has 0 N–H and O–H groups in total. The quantitative estimate of drug-likeness (QED) is 0.121. The van der Waals surface area contributed by atoms with Gasteiger partial charge in [-0.2, -0.15) is 0 Å². The van der Waals surface area contributed by atoms with Crippen molar-refractivity contribution < 1.29 is 19.0 Å². The molecule has 0 heterocycles. The fraction of sp³-hybridized carbons (Fsp3) is 0.0833. The Kier molecular flexibility index (Phi) is 9.03.